The van der Waals surface area contributed by atoms with Crippen LogP contribution >= 0.6 is 0 Å². The molecule has 0 atom stereocenters. The summed E-state index contributed by atoms with van der Waals surface area (Å²) in [6.45, 7) is 0. The predicted octanol–water partition coefficient (Wildman–Crippen LogP) is -0.314. The maximum Gasteiger partial charge on any atom is 1.00 e. The molecule has 0 unspecified atom stereocenters. The SMILES string of the molecule is O=Cc1ccc(-c2ccc(S(=O)(=O)[O-])c(C(F)(F)F)c2)o1.[Na+]. The van der Waals surface area contributed by atoms with Crippen LogP contribution < -0.4 is 29.6 Å². The molecule has 5 nitrogen and oxygen atoms in total. The van der Waals surface area contributed by atoms with E-state index >= 15 is 0 Å². The van der Waals surface area contributed by atoms with E-state index in [4.69, 9.17) is 4.42 Å². The largest absolute Gasteiger partial charge is 1.00 e. The number of alkyl halides is 3. The van der Waals surface area contributed by atoms with Gasteiger partial charge in [0.05, 0.1) is 10.5 Å². The van der Waals surface area contributed by atoms with Crippen LogP contribution in [0.25, 0.3) is 11.3 Å². The molecular formula is C12H6F3NaO5S. The number of carbonyl (C=O) groups is 1. The van der Waals surface area contributed by atoms with Crippen LogP contribution in [-0.2, 0) is 16.3 Å². The van der Waals surface area contributed by atoms with E-state index in [2.05, 4.69) is 0 Å². The molecule has 1 heterocycles. The molecule has 0 saturated heterocycles. The number of benzene rings is 1. The fraction of sp³-hybridized carbons (Fsp3) is 0.0833. The molecule has 1 aromatic heterocycles. The Morgan fingerprint density at radius 2 is 1.77 bits per heavy atom. The van der Waals surface area contributed by atoms with Crippen molar-refractivity contribution in [1.29, 1.82) is 0 Å². The molecule has 2 aromatic rings. The smallest absolute Gasteiger partial charge is 0.744 e. The molecule has 0 radical (unpaired) electrons. The molecule has 0 amide bonds. The van der Waals surface area contributed by atoms with Crippen LogP contribution in [0.1, 0.15) is 16.1 Å². The minimum atomic E-state index is -5.27. The Morgan fingerprint density at radius 3 is 2.23 bits per heavy atom. The molecular weight excluding hydrogens is 336 g/mol. The van der Waals surface area contributed by atoms with Crippen LogP contribution in [0.3, 0.4) is 0 Å². The van der Waals surface area contributed by atoms with Gasteiger partial charge in [0.25, 0.3) is 0 Å². The Kier molecular flexibility index (Phi) is 5.63. The molecule has 1 aromatic carbocycles. The van der Waals surface area contributed by atoms with Crippen LogP contribution in [0, 0.1) is 0 Å². The number of rotatable bonds is 3. The van der Waals surface area contributed by atoms with Gasteiger partial charge in [0.1, 0.15) is 15.9 Å². The molecule has 10 heteroatoms. The van der Waals surface area contributed by atoms with Crippen LogP contribution in [0.4, 0.5) is 13.2 Å². The average molecular weight is 342 g/mol. The van der Waals surface area contributed by atoms with E-state index < -0.39 is 26.8 Å². The number of hydrogen-bond acceptors (Lipinski definition) is 5. The van der Waals surface area contributed by atoms with Gasteiger partial charge in [0.2, 0.25) is 0 Å². The first-order valence-corrected chi connectivity index (χ1v) is 6.76. The van der Waals surface area contributed by atoms with Crippen molar-refractivity contribution in [2.24, 2.45) is 0 Å². The van der Waals surface area contributed by atoms with E-state index in [1.165, 1.54) is 12.1 Å². The second-order valence-electron chi connectivity index (χ2n) is 3.98. The van der Waals surface area contributed by atoms with Crippen molar-refractivity contribution >= 4 is 16.4 Å². The Bertz CT molecular complexity index is 795. The third-order valence-corrected chi connectivity index (χ3v) is 3.48. The Balaban J connectivity index is 0.00000242. The summed E-state index contributed by atoms with van der Waals surface area (Å²) in [5.74, 6) is -0.156. The first-order valence-electron chi connectivity index (χ1n) is 5.35. The first-order chi connectivity index (χ1) is 9.63. The van der Waals surface area contributed by atoms with Crippen LogP contribution in [0.2, 0.25) is 0 Å². The molecule has 0 bridgehead atoms. The zero-order valence-electron chi connectivity index (χ0n) is 11.0. The summed E-state index contributed by atoms with van der Waals surface area (Å²) in [5, 5.41) is 0. The molecule has 0 N–H and O–H groups in total. The second kappa shape index (κ2) is 6.55. The minimum Gasteiger partial charge on any atom is -0.744 e. The summed E-state index contributed by atoms with van der Waals surface area (Å²) < 4.78 is 76.1. The summed E-state index contributed by atoms with van der Waals surface area (Å²) in [6, 6.07) is 4.54. The van der Waals surface area contributed by atoms with E-state index in [1.807, 2.05) is 0 Å². The average Bonchev–Trinajstić information content (AvgIpc) is 2.84. The molecule has 0 spiro atoms. The van der Waals surface area contributed by atoms with Crippen LogP contribution in [0.5, 0.6) is 0 Å². The third-order valence-electron chi connectivity index (χ3n) is 2.58. The number of hydrogen-bond donors (Lipinski definition) is 0. The van der Waals surface area contributed by atoms with Crippen molar-refractivity contribution in [3.05, 3.63) is 41.7 Å². The van der Waals surface area contributed by atoms with Gasteiger partial charge in [-0.25, -0.2) is 8.42 Å². The second-order valence-corrected chi connectivity index (χ2v) is 5.33. The summed E-state index contributed by atoms with van der Waals surface area (Å²) in [5.41, 5.74) is -1.69. The molecule has 0 aliphatic rings. The van der Waals surface area contributed by atoms with Gasteiger partial charge in [0.15, 0.2) is 12.0 Å². The first kappa shape index (κ1) is 18.9. The quantitative estimate of drug-likeness (QED) is 0.434. The zero-order valence-corrected chi connectivity index (χ0v) is 13.9. The van der Waals surface area contributed by atoms with E-state index in [0.29, 0.717) is 18.4 Å². The van der Waals surface area contributed by atoms with Gasteiger partial charge >= 0.3 is 35.7 Å². The fourth-order valence-corrected chi connectivity index (χ4v) is 2.37. The fourth-order valence-electron chi connectivity index (χ4n) is 1.69. The van der Waals surface area contributed by atoms with Gasteiger partial charge in [-0.15, -0.1) is 0 Å². The third kappa shape index (κ3) is 3.99. The van der Waals surface area contributed by atoms with E-state index in [0.717, 1.165) is 6.07 Å². The monoisotopic (exact) mass is 342 g/mol. The minimum absolute atomic E-state index is 0. The van der Waals surface area contributed by atoms with Gasteiger partial charge in [-0.3, -0.25) is 4.79 Å². The maximum absolute atomic E-state index is 12.9. The van der Waals surface area contributed by atoms with Crippen LogP contribution in [-0.4, -0.2) is 19.3 Å². The van der Waals surface area contributed by atoms with E-state index in [9.17, 15) is 30.9 Å². The van der Waals surface area contributed by atoms with Crippen molar-refractivity contribution < 1.29 is 64.9 Å². The number of halogens is 3. The molecule has 0 fully saturated rings. The molecule has 112 valence electrons. The zero-order chi connectivity index (χ0) is 15.8. The van der Waals surface area contributed by atoms with E-state index in [-0.39, 0.29) is 46.6 Å². The Hall–Kier alpha value is -1.13. The van der Waals surface area contributed by atoms with Gasteiger partial charge in [-0.2, -0.15) is 13.2 Å². The van der Waals surface area contributed by atoms with E-state index in [1.54, 1.807) is 0 Å². The topological polar surface area (TPSA) is 87.4 Å². The number of aldehydes is 1. The van der Waals surface area contributed by atoms with Gasteiger partial charge < -0.3 is 8.97 Å². The number of furan rings is 1. The molecule has 0 aliphatic carbocycles. The van der Waals surface area contributed by atoms with Crippen molar-refractivity contribution in [2.45, 2.75) is 11.1 Å². The summed E-state index contributed by atoms with van der Waals surface area (Å²) >= 11 is 0. The molecule has 2 rings (SSSR count). The maximum atomic E-state index is 12.9. The van der Waals surface area contributed by atoms with Crippen molar-refractivity contribution in [2.75, 3.05) is 0 Å². The van der Waals surface area contributed by atoms with Gasteiger partial charge in [-0.05, 0) is 30.3 Å². The van der Waals surface area contributed by atoms with Crippen molar-refractivity contribution in [3.63, 3.8) is 0 Å². The standard InChI is InChI=1S/C12H7F3O5S.Na/c13-12(14,15)9-5-7(1-4-11(9)21(17,18)19)10-3-2-8(6-16)20-10;/h1-6H,(H,17,18,19);/q;+1/p-1. The van der Waals surface area contributed by atoms with Crippen LogP contribution in [0.15, 0.2) is 39.6 Å². The Labute approximate surface area is 145 Å². The van der Waals surface area contributed by atoms with Crippen molar-refractivity contribution in [1.82, 2.24) is 0 Å². The number of carbonyl (C=O) groups excluding carboxylic acids is 1. The van der Waals surface area contributed by atoms with Gasteiger partial charge in [0, 0.05) is 5.56 Å². The summed E-state index contributed by atoms with van der Waals surface area (Å²) in [4.78, 5) is 9.11. The summed E-state index contributed by atoms with van der Waals surface area (Å²) in [6.07, 6.45) is -4.66. The summed E-state index contributed by atoms with van der Waals surface area (Å²) in [7, 11) is -5.27. The molecule has 0 saturated carbocycles. The Morgan fingerprint density at radius 1 is 1.14 bits per heavy atom. The normalized spacial score (nSPS) is 11.8. The van der Waals surface area contributed by atoms with Crippen molar-refractivity contribution in [3.8, 4) is 11.3 Å². The molecule has 22 heavy (non-hydrogen) atoms. The predicted molar refractivity (Wildman–Crippen MR) is 62.5 cm³/mol. The van der Waals surface area contributed by atoms with Gasteiger partial charge in [-0.1, -0.05) is 0 Å². The molecule has 0 aliphatic heterocycles.